The normalized spacial score (nSPS) is 18.1. The van der Waals surface area contributed by atoms with Crippen molar-refractivity contribution >= 4 is 26.0 Å². The summed E-state index contributed by atoms with van der Waals surface area (Å²) >= 11 is 3.23. The lowest BCUT2D eigenvalue weighted by molar-refractivity contribution is -0.00224. The van der Waals surface area contributed by atoms with Crippen LogP contribution in [0.2, 0.25) is 0 Å². The van der Waals surface area contributed by atoms with Gasteiger partial charge in [-0.2, -0.15) is 0 Å². The zero-order valence-corrected chi connectivity index (χ0v) is 14.1. The molecule has 1 aromatic carbocycles. The van der Waals surface area contributed by atoms with Crippen LogP contribution < -0.4 is 4.72 Å². The van der Waals surface area contributed by atoms with Crippen LogP contribution in [0, 0.1) is 5.92 Å². The lowest BCUT2D eigenvalue weighted by Crippen LogP contribution is -2.42. The smallest absolute Gasteiger partial charge is 0.241 e. The molecule has 2 aromatic rings. The number of sulfonamides is 1. The van der Waals surface area contributed by atoms with Gasteiger partial charge in [-0.15, -0.1) is 0 Å². The number of rotatable bonds is 6. The van der Waals surface area contributed by atoms with Crippen molar-refractivity contribution < 1.29 is 17.9 Å². The lowest BCUT2D eigenvalue weighted by atomic mass is 9.95. The summed E-state index contributed by atoms with van der Waals surface area (Å²) in [5, 5.41) is 10.9. The van der Waals surface area contributed by atoms with Crippen LogP contribution in [0.1, 0.15) is 18.6 Å². The Morgan fingerprint density at radius 1 is 1.27 bits per heavy atom. The highest BCUT2D eigenvalue weighted by Gasteiger charge is 2.47. The number of hydrogen-bond acceptors (Lipinski definition) is 4. The Bertz CT molecular complexity index is 756. The molecular formula is C15H16BrNO4S. The third-order valence-corrected chi connectivity index (χ3v) is 6.27. The third-order valence-electron chi connectivity index (χ3n) is 3.86. The number of hydrogen-bond donors (Lipinski definition) is 2. The van der Waals surface area contributed by atoms with Crippen LogP contribution in [0.3, 0.4) is 0 Å². The van der Waals surface area contributed by atoms with Gasteiger partial charge >= 0.3 is 0 Å². The first-order valence-electron chi connectivity index (χ1n) is 6.94. The summed E-state index contributed by atoms with van der Waals surface area (Å²) in [6, 6.07) is 9.92. The van der Waals surface area contributed by atoms with Gasteiger partial charge in [0.05, 0.1) is 11.2 Å². The molecule has 1 heterocycles. The Kier molecular flexibility index (Phi) is 4.15. The van der Waals surface area contributed by atoms with Crippen LogP contribution in [-0.2, 0) is 15.6 Å². The summed E-state index contributed by atoms with van der Waals surface area (Å²) in [7, 11) is -3.72. The monoisotopic (exact) mass is 385 g/mol. The SMILES string of the molecule is O=S(=O)(NCC(O)(c1ccco1)C1CC1)c1ccccc1Br. The van der Waals surface area contributed by atoms with Gasteiger partial charge in [-0.05, 0) is 59.0 Å². The van der Waals surface area contributed by atoms with Crippen molar-refractivity contribution in [1.29, 1.82) is 0 Å². The van der Waals surface area contributed by atoms with Crippen molar-refractivity contribution in [2.24, 2.45) is 5.92 Å². The molecule has 3 rings (SSSR count). The fourth-order valence-electron chi connectivity index (χ4n) is 2.46. The minimum absolute atomic E-state index is 0.0144. The zero-order valence-electron chi connectivity index (χ0n) is 11.7. The fourth-order valence-corrected chi connectivity index (χ4v) is 4.54. The molecule has 0 bridgehead atoms. The largest absolute Gasteiger partial charge is 0.466 e. The predicted molar refractivity (Wildman–Crippen MR) is 84.7 cm³/mol. The van der Waals surface area contributed by atoms with Crippen LogP contribution in [0.4, 0.5) is 0 Å². The number of halogens is 1. The molecule has 1 fully saturated rings. The van der Waals surface area contributed by atoms with Crippen molar-refractivity contribution in [3.8, 4) is 0 Å². The van der Waals surface area contributed by atoms with Gasteiger partial charge in [0.25, 0.3) is 0 Å². The summed E-state index contributed by atoms with van der Waals surface area (Å²) in [6.45, 7) is -0.116. The van der Waals surface area contributed by atoms with Crippen molar-refractivity contribution in [2.45, 2.75) is 23.3 Å². The summed E-state index contributed by atoms with van der Waals surface area (Å²) in [6.07, 6.45) is 3.19. The molecule has 1 saturated carbocycles. The Morgan fingerprint density at radius 3 is 2.59 bits per heavy atom. The van der Waals surface area contributed by atoms with E-state index in [-0.39, 0.29) is 17.4 Å². The molecule has 1 atom stereocenters. The maximum absolute atomic E-state index is 12.4. The fraction of sp³-hybridized carbons (Fsp3) is 0.333. The first-order chi connectivity index (χ1) is 10.4. The Balaban J connectivity index is 1.83. The van der Waals surface area contributed by atoms with Crippen LogP contribution in [0.5, 0.6) is 0 Å². The lowest BCUT2D eigenvalue weighted by Gasteiger charge is -2.26. The van der Waals surface area contributed by atoms with Gasteiger partial charge in [0.15, 0.2) is 0 Å². The minimum atomic E-state index is -3.72. The summed E-state index contributed by atoms with van der Waals surface area (Å²) in [5.41, 5.74) is -1.31. The topological polar surface area (TPSA) is 79.5 Å². The highest BCUT2D eigenvalue weighted by Crippen LogP contribution is 2.45. The quantitative estimate of drug-likeness (QED) is 0.800. The second kappa shape index (κ2) is 5.81. The van der Waals surface area contributed by atoms with Crippen LogP contribution >= 0.6 is 15.9 Å². The minimum Gasteiger partial charge on any atom is -0.466 e. The maximum Gasteiger partial charge on any atom is 0.241 e. The third kappa shape index (κ3) is 2.99. The summed E-state index contributed by atoms with van der Waals surface area (Å²) < 4.78 is 33.1. The van der Waals surface area contributed by atoms with Gasteiger partial charge in [-0.3, -0.25) is 0 Å². The van der Waals surface area contributed by atoms with E-state index in [0.717, 1.165) is 12.8 Å². The number of benzene rings is 1. The predicted octanol–water partition coefficient (Wildman–Crippen LogP) is 2.62. The molecule has 1 aliphatic rings. The van der Waals surface area contributed by atoms with E-state index < -0.39 is 15.6 Å². The molecular weight excluding hydrogens is 370 g/mol. The van der Waals surface area contributed by atoms with E-state index in [4.69, 9.17) is 4.42 Å². The van der Waals surface area contributed by atoms with Crippen LogP contribution in [0.15, 0.2) is 56.4 Å². The molecule has 0 saturated heterocycles. The summed E-state index contributed by atoms with van der Waals surface area (Å²) in [4.78, 5) is 0.146. The molecule has 1 aromatic heterocycles. The van der Waals surface area contributed by atoms with Crippen molar-refractivity contribution in [1.82, 2.24) is 4.72 Å². The average molecular weight is 386 g/mol. The Morgan fingerprint density at radius 2 is 2.00 bits per heavy atom. The molecule has 7 heteroatoms. The standard InChI is InChI=1S/C15H16BrNO4S/c16-12-4-1-2-5-13(12)22(19,20)17-10-15(18,11-7-8-11)14-6-3-9-21-14/h1-6,9,11,17-18H,7-8,10H2. The Labute approximate surface area is 137 Å². The molecule has 22 heavy (non-hydrogen) atoms. The van der Waals surface area contributed by atoms with Gasteiger partial charge in [0.1, 0.15) is 11.4 Å². The number of nitrogens with one attached hydrogen (secondary N) is 1. The first kappa shape index (κ1) is 15.7. The average Bonchev–Trinajstić information content (AvgIpc) is 3.20. The van der Waals surface area contributed by atoms with Crippen LogP contribution in [0.25, 0.3) is 0 Å². The molecule has 0 aliphatic heterocycles. The molecule has 118 valence electrons. The van der Waals surface area contributed by atoms with Crippen LogP contribution in [-0.4, -0.2) is 20.1 Å². The zero-order chi connectivity index (χ0) is 15.8. The molecule has 1 unspecified atom stereocenters. The molecule has 1 aliphatic carbocycles. The van der Waals surface area contributed by atoms with E-state index >= 15 is 0 Å². The van der Waals surface area contributed by atoms with Gasteiger partial charge in [-0.25, -0.2) is 13.1 Å². The Hall–Kier alpha value is -1.15. The molecule has 2 N–H and O–H groups in total. The maximum atomic E-state index is 12.4. The van der Waals surface area contributed by atoms with E-state index in [1.807, 2.05) is 0 Å². The van der Waals surface area contributed by atoms with E-state index in [1.54, 1.807) is 30.3 Å². The van der Waals surface area contributed by atoms with E-state index in [2.05, 4.69) is 20.7 Å². The highest BCUT2D eigenvalue weighted by atomic mass is 79.9. The van der Waals surface area contributed by atoms with E-state index in [0.29, 0.717) is 10.2 Å². The molecule has 0 amide bonds. The van der Waals surface area contributed by atoms with Gasteiger partial charge < -0.3 is 9.52 Å². The first-order valence-corrected chi connectivity index (χ1v) is 9.22. The summed E-state index contributed by atoms with van der Waals surface area (Å²) in [5.74, 6) is 0.408. The highest BCUT2D eigenvalue weighted by molar-refractivity contribution is 9.10. The molecule has 5 nitrogen and oxygen atoms in total. The molecule has 0 spiro atoms. The molecule has 0 radical (unpaired) electrons. The number of aliphatic hydroxyl groups is 1. The second-order valence-electron chi connectivity index (χ2n) is 5.43. The van der Waals surface area contributed by atoms with Crippen molar-refractivity contribution in [2.75, 3.05) is 6.54 Å². The van der Waals surface area contributed by atoms with E-state index in [1.165, 1.54) is 12.3 Å². The second-order valence-corrected chi connectivity index (χ2v) is 8.02. The van der Waals surface area contributed by atoms with Gasteiger partial charge in [0.2, 0.25) is 10.0 Å². The number of furan rings is 1. The van der Waals surface area contributed by atoms with Crippen molar-refractivity contribution in [3.05, 3.63) is 52.9 Å². The van der Waals surface area contributed by atoms with Gasteiger partial charge in [0, 0.05) is 11.0 Å². The van der Waals surface area contributed by atoms with Gasteiger partial charge in [-0.1, -0.05) is 12.1 Å². The van der Waals surface area contributed by atoms with E-state index in [9.17, 15) is 13.5 Å². The van der Waals surface area contributed by atoms with Crippen molar-refractivity contribution in [3.63, 3.8) is 0 Å².